The standard InChI is InChI=1S/C20H24N2O5/c1-13(23)16-11-14-5-6-15(12-17(14)26-18(16)24)21-7-9-22(10-8-21)19(25)27-20(2,3)4/h5-6,11-12H,7-10H2,1-4H3. The Labute approximate surface area is 157 Å². The van der Waals surface area contributed by atoms with Crippen LogP contribution in [0.2, 0.25) is 0 Å². The van der Waals surface area contributed by atoms with Gasteiger partial charge in [-0.05, 0) is 45.9 Å². The van der Waals surface area contributed by atoms with Crippen molar-refractivity contribution in [3.8, 4) is 0 Å². The first-order valence-corrected chi connectivity index (χ1v) is 8.96. The van der Waals surface area contributed by atoms with Crippen molar-refractivity contribution in [2.24, 2.45) is 0 Å². The number of Topliss-reactive ketones (excluding diaryl/α,β-unsaturated/α-hetero) is 1. The number of carbonyl (C=O) groups excluding carboxylic acids is 2. The maximum Gasteiger partial charge on any atom is 0.410 e. The molecule has 1 fully saturated rings. The lowest BCUT2D eigenvalue weighted by Gasteiger charge is -2.36. The van der Waals surface area contributed by atoms with E-state index in [0.717, 1.165) is 5.69 Å². The molecule has 27 heavy (non-hydrogen) atoms. The Morgan fingerprint density at radius 1 is 1.07 bits per heavy atom. The van der Waals surface area contributed by atoms with E-state index < -0.39 is 11.2 Å². The number of carbonyl (C=O) groups is 2. The zero-order valence-corrected chi connectivity index (χ0v) is 16.1. The van der Waals surface area contributed by atoms with Gasteiger partial charge in [-0.1, -0.05) is 0 Å². The van der Waals surface area contributed by atoms with E-state index in [1.165, 1.54) is 6.92 Å². The molecule has 0 spiro atoms. The van der Waals surface area contributed by atoms with Crippen LogP contribution in [0.25, 0.3) is 11.0 Å². The van der Waals surface area contributed by atoms with E-state index in [9.17, 15) is 14.4 Å². The lowest BCUT2D eigenvalue weighted by molar-refractivity contribution is 0.0240. The predicted molar refractivity (Wildman–Crippen MR) is 103 cm³/mol. The summed E-state index contributed by atoms with van der Waals surface area (Å²) in [4.78, 5) is 39.4. The van der Waals surface area contributed by atoms with Crippen molar-refractivity contribution in [1.82, 2.24) is 4.90 Å². The van der Waals surface area contributed by atoms with Crippen molar-refractivity contribution in [1.29, 1.82) is 0 Å². The third-order valence-corrected chi connectivity index (χ3v) is 4.40. The summed E-state index contributed by atoms with van der Waals surface area (Å²) >= 11 is 0. The number of hydrogen-bond acceptors (Lipinski definition) is 6. The summed E-state index contributed by atoms with van der Waals surface area (Å²) in [6.07, 6.45) is -0.302. The third kappa shape index (κ3) is 4.30. The normalized spacial score (nSPS) is 15.1. The van der Waals surface area contributed by atoms with Gasteiger partial charge in [0.25, 0.3) is 0 Å². The van der Waals surface area contributed by atoms with E-state index in [4.69, 9.17) is 9.15 Å². The molecule has 3 rings (SSSR count). The van der Waals surface area contributed by atoms with Crippen LogP contribution in [0, 0.1) is 0 Å². The van der Waals surface area contributed by atoms with Gasteiger partial charge in [0.1, 0.15) is 16.7 Å². The average Bonchev–Trinajstić information content (AvgIpc) is 2.59. The van der Waals surface area contributed by atoms with Crippen LogP contribution in [0.3, 0.4) is 0 Å². The van der Waals surface area contributed by atoms with Crippen LogP contribution in [0.15, 0.2) is 33.5 Å². The zero-order valence-electron chi connectivity index (χ0n) is 16.1. The van der Waals surface area contributed by atoms with Crippen molar-refractivity contribution >= 4 is 28.5 Å². The summed E-state index contributed by atoms with van der Waals surface area (Å²) in [5, 5.41) is 0.705. The fraction of sp³-hybridized carbons (Fsp3) is 0.450. The largest absolute Gasteiger partial charge is 0.444 e. The molecule has 0 atom stereocenters. The summed E-state index contributed by atoms with van der Waals surface area (Å²) in [7, 11) is 0. The van der Waals surface area contributed by atoms with E-state index >= 15 is 0 Å². The number of ether oxygens (including phenoxy) is 1. The molecule has 0 N–H and O–H groups in total. The molecule has 1 aliphatic rings. The second-order valence-electron chi connectivity index (χ2n) is 7.68. The van der Waals surface area contributed by atoms with Crippen molar-refractivity contribution in [3.05, 3.63) is 40.2 Å². The number of benzene rings is 1. The number of hydrogen-bond donors (Lipinski definition) is 0. The van der Waals surface area contributed by atoms with Gasteiger partial charge in [0, 0.05) is 43.3 Å². The molecule has 1 aromatic heterocycles. The Bertz CT molecular complexity index is 934. The maximum atomic E-state index is 12.2. The van der Waals surface area contributed by atoms with Gasteiger partial charge in [0.15, 0.2) is 5.78 Å². The quantitative estimate of drug-likeness (QED) is 0.595. The highest BCUT2D eigenvalue weighted by molar-refractivity contribution is 5.96. The fourth-order valence-electron chi connectivity index (χ4n) is 3.02. The molecule has 0 saturated carbocycles. The smallest absolute Gasteiger partial charge is 0.410 e. The average molecular weight is 372 g/mol. The highest BCUT2D eigenvalue weighted by atomic mass is 16.6. The van der Waals surface area contributed by atoms with Crippen molar-refractivity contribution in [2.45, 2.75) is 33.3 Å². The number of piperazine rings is 1. The molecule has 2 heterocycles. The summed E-state index contributed by atoms with van der Waals surface area (Å²) < 4.78 is 10.7. The third-order valence-electron chi connectivity index (χ3n) is 4.40. The monoisotopic (exact) mass is 372 g/mol. The highest BCUT2D eigenvalue weighted by Crippen LogP contribution is 2.23. The topological polar surface area (TPSA) is 80.1 Å². The molecule has 0 radical (unpaired) electrons. The molecule has 0 unspecified atom stereocenters. The minimum atomic E-state index is -0.623. The van der Waals surface area contributed by atoms with Gasteiger partial charge < -0.3 is 19.0 Å². The highest BCUT2D eigenvalue weighted by Gasteiger charge is 2.26. The maximum absolute atomic E-state index is 12.2. The second-order valence-corrected chi connectivity index (χ2v) is 7.68. The first kappa shape index (κ1) is 18.9. The van der Waals surface area contributed by atoms with Crippen molar-refractivity contribution < 1.29 is 18.7 Å². The van der Waals surface area contributed by atoms with E-state index in [-0.39, 0.29) is 17.4 Å². The molecule has 7 heteroatoms. The number of amides is 1. The van der Waals surface area contributed by atoms with Gasteiger partial charge in [-0.15, -0.1) is 0 Å². The minimum Gasteiger partial charge on any atom is -0.444 e. The van der Waals surface area contributed by atoms with E-state index in [1.54, 1.807) is 17.0 Å². The van der Waals surface area contributed by atoms with E-state index in [0.29, 0.717) is 37.1 Å². The number of nitrogens with zero attached hydrogens (tertiary/aromatic N) is 2. The molecule has 1 aromatic carbocycles. The molecule has 0 bridgehead atoms. The first-order chi connectivity index (χ1) is 12.6. The lowest BCUT2D eigenvalue weighted by Crippen LogP contribution is -2.50. The Morgan fingerprint density at radius 2 is 1.74 bits per heavy atom. The summed E-state index contributed by atoms with van der Waals surface area (Å²) in [6.45, 7) is 9.31. The fourth-order valence-corrected chi connectivity index (χ4v) is 3.02. The minimum absolute atomic E-state index is 0.0567. The van der Waals surface area contributed by atoms with Gasteiger partial charge >= 0.3 is 11.7 Å². The number of fused-ring (bicyclic) bond motifs is 1. The van der Waals surface area contributed by atoms with Crippen LogP contribution in [0.1, 0.15) is 38.1 Å². The number of ketones is 1. The van der Waals surface area contributed by atoms with Crippen LogP contribution in [-0.2, 0) is 4.74 Å². The van der Waals surface area contributed by atoms with Crippen LogP contribution >= 0.6 is 0 Å². The summed E-state index contributed by atoms with van der Waals surface area (Å²) in [5.41, 5.74) is 0.272. The molecule has 0 aliphatic carbocycles. The van der Waals surface area contributed by atoms with Crippen LogP contribution in [0.4, 0.5) is 10.5 Å². The van der Waals surface area contributed by atoms with Crippen molar-refractivity contribution in [2.75, 3.05) is 31.1 Å². The molecular formula is C20H24N2O5. The van der Waals surface area contributed by atoms with Gasteiger partial charge in [-0.25, -0.2) is 9.59 Å². The molecule has 144 valence electrons. The van der Waals surface area contributed by atoms with Gasteiger partial charge in [-0.3, -0.25) is 4.79 Å². The second kappa shape index (κ2) is 7.06. The first-order valence-electron chi connectivity index (χ1n) is 8.96. The molecule has 1 saturated heterocycles. The van der Waals surface area contributed by atoms with Gasteiger partial charge in [-0.2, -0.15) is 0 Å². The Morgan fingerprint density at radius 3 is 2.33 bits per heavy atom. The lowest BCUT2D eigenvalue weighted by atomic mass is 10.1. The van der Waals surface area contributed by atoms with Gasteiger partial charge in [0.2, 0.25) is 0 Å². The zero-order chi connectivity index (χ0) is 19.8. The Balaban J connectivity index is 1.74. The summed E-state index contributed by atoms with van der Waals surface area (Å²) in [5.74, 6) is -0.312. The summed E-state index contributed by atoms with van der Waals surface area (Å²) in [6, 6.07) is 7.12. The van der Waals surface area contributed by atoms with Crippen molar-refractivity contribution in [3.63, 3.8) is 0 Å². The molecular weight excluding hydrogens is 348 g/mol. The predicted octanol–water partition coefficient (Wildman–Crippen LogP) is 3.05. The van der Waals surface area contributed by atoms with Crippen LogP contribution in [0.5, 0.6) is 0 Å². The Hall–Kier alpha value is -2.83. The Kier molecular flexibility index (Phi) is 4.95. The van der Waals surface area contributed by atoms with E-state index in [1.807, 2.05) is 32.9 Å². The van der Waals surface area contributed by atoms with E-state index in [2.05, 4.69) is 4.90 Å². The molecule has 2 aromatic rings. The van der Waals surface area contributed by atoms with Crippen LogP contribution < -0.4 is 10.5 Å². The van der Waals surface area contributed by atoms with Crippen LogP contribution in [-0.4, -0.2) is 48.6 Å². The number of rotatable bonds is 2. The molecule has 7 nitrogen and oxygen atoms in total. The number of anilines is 1. The molecule has 1 amide bonds. The van der Waals surface area contributed by atoms with Gasteiger partial charge in [0.05, 0.1) is 0 Å². The SMILES string of the molecule is CC(=O)c1cc2ccc(N3CCN(C(=O)OC(C)(C)C)CC3)cc2oc1=O. The molecule has 1 aliphatic heterocycles.